The molecule has 1 aliphatic heterocycles. The summed E-state index contributed by atoms with van der Waals surface area (Å²) in [6.07, 6.45) is 0. The number of hydrogen-bond acceptors (Lipinski definition) is 5. The fourth-order valence-corrected chi connectivity index (χ4v) is 2.40. The number of para-hydroxylation sites is 1. The lowest BCUT2D eigenvalue weighted by Crippen LogP contribution is -2.29. The molecule has 0 saturated carbocycles. The molecule has 24 heavy (non-hydrogen) atoms. The zero-order valence-corrected chi connectivity index (χ0v) is 13.9. The second kappa shape index (κ2) is 6.62. The molecule has 0 spiro atoms. The summed E-state index contributed by atoms with van der Waals surface area (Å²) >= 11 is 0. The first-order valence-electron chi connectivity index (χ1n) is 7.68. The maximum atomic E-state index is 12.6. The van der Waals surface area contributed by atoms with Crippen molar-refractivity contribution in [1.82, 2.24) is 0 Å². The van der Waals surface area contributed by atoms with Gasteiger partial charge in [0.05, 0.1) is 17.1 Å². The van der Waals surface area contributed by atoms with Crippen LogP contribution in [0.2, 0.25) is 0 Å². The number of nitrogens with zero attached hydrogens (tertiary/aromatic N) is 5. The Morgan fingerprint density at radius 3 is 2.54 bits per heavy atom. The Balaban J connectivity index is 1.80. The van der Waals surface area contributed by atoms with E-state index >= 15 is 0 Å². The van der Waals surface area contributed by atoms with Crippen molar-refractivity contribution in [1.29, 1.82) is 0 Å². The smallest absolute Gasteiger partial charge is 0.280 e. The normalized spacial score (nSPS) is 17.5. The van der Waals surface area contributed by atoms with Crippen molar-refractivity contribution in [3.05, 3.63) is 54.6 Å². The highest BCUT2D eigenvalue weighted by molar-refractivity contribution is 6.18. The summed E-state index contributed by atoms with van der Waals surface area (Å²) in [7, 11) is 3.93. The van der Waals surface area contributed by atoms with E-state index in [4.69, 9.17) is 0 Å². The molecule has 122 valence electrons. The molecule has 2 aromatic rings. The summed E-state index contributed by atoms with van der Waals surface area (Å²) in [5, 5.41) is 14.1. The van der Waals surface area contributed by atoms with Gasteiger partial charge in [-0.1, -0.05) is 24.3 Å². The molecule has 0 radical (unpaired) electrons. The van der Waals surface area contributed by atoms with Gasteiger partial charge in [0.2, 0.25) is 0 Å². The summed E-state index contributed by atoms with van der Waals surface area (Å²) in [5.41, 5.74) is 3.10. The lowest BCUT2D eigenvalue weighted by Gasteiger charge is -2.12. The minimum atomic E-state index is -0.673. The molecule has 0 aliphatic carbocycles. The molecular formula is C18H19N5O. The Morgan fingerprint density at radius 1 is 1.08 bits per heavy atom. The molecule has 1 unspecified atom stereocenters. The van der Waals surface area contributed by atoms with Crippen LogP contribution in [-0.4, -0.2) is 31.8 Å². The number of rotatable bonds is 4. The first kappa shape index (κ1) is 15.9. The Morgan fingerprint density at radius 2 is 1.83 bits per heavy atom. The first-order valence-corrected chi connectivity index (χ1v) is 7.68. The van der Waals surface area contributed by atoms with E-state index in [1.165, 1.54) is 5.01 Å². The minimum absolute atomic E-state index is 0.189. The van der Waals surface area contributed by atoms with Gasteiger partial charge in [0, 0.05) is 19.8 Å². The van der Waals surface area contributed by atoms with Crippen LogP contribution in [0.15, 0.2) is 69.9 Å². The van der Waals surface area contributed by atoms with E-state index in [1.54, 1.807) is 6.92 Å². The third kappa shape index (κ3) is 3.17. The van der Waals surface area contributed by atoms with Gasteiger partial charge in [-0.2, -0.15) is 20.3 Å². The molecule has 0 aromatic heterocycles. The average Bonchev–Trinajstić information content (AvgIpc) is 2.88. The zero-order chi connectivity index (χ0) is 17.1. The molecule has 0 bridgehead atoms. The average molecular weight is 321 g/mol. The number of anilines is 2. The summed E-state index contributed by atoms with van der Waals surface area (Å²) in [6.45, 7) is 1.79. The van der Waals surface area contributed by atoms with Crippen LogP contribution in [0.25, 0.3) is 0 Å². The summed E-state index contributed by atoms with van der Waals surface area (Å²) in [5.74, 6) is -0.189. The molecule has 0 fully saturated rings. The van der Waals surface area contributed by atoms with Gasteiger partial charge in [0.15, 0.2) is 6.04 Å². The van der Waals surface area contributed by atoms with Gasteiger partial charge in [-0.25, -0.2) is 0 Å². The highest BCUT2D eigenvalue weighted by Gasteiger charge is 2.34. The molecular weight excluding hydrogens is 302 g/mol. The summed E-state index contributed by atoms with van der Waals surface area (Å²) < 4.78 is 0. The van der Waals surface area contributed by atoms with Gasteiger partial charge in [-0.3, -0.25) is 4.79 Å². The topological polar surface area (TPSA) is 60.6 Å². The Bertz CT molecular complexity index is 798. The molecule has 6 heteroatoms. The lowest BCUT2D eigenvalue weighted by atomic mass is 10.2. The number of hydrogen-bond donors (Lipinski definition) is 0. The van der Waals surface area contributed by atoms with Crippen molar-refractivity contribution in [3.8, 4) is 0 Å². The van der Waals surface area contributed by atoms with E-state index in [9.17, 15) is 4.79 Å². The van der Waals surface area contributed by atoms with Crippen LogP contribution in [0.3, 0.4) is 0 Å². The first-order chi connectivity index (χ1) is 11.6. The maximum absolute atomic E-state index is 12.6. The zero-order valence-electron chi connectivity index (χ0n) is 13.9. The quantitative estimate of drug-likeness (QED) is 0.807. The van der Waals surface area contributed by atoms with Crippen molar-refractivity contribution < 1.29 is 4.79 Å². The van der Waals surface area contributed by atoms with Crippen LogP contribution >= 0.6 is 0 Å². The molecule has 3 rings (SSSR count). The standard InChI is InChI=1S/C18H19N5O/c1-13-17(18(24)23(21-13)15-9-5-4-6-10-15)20-19-14-8-7-11-16(12-14)22(2)3/h4-12,17H,1-3H3. The second-order valence-electron chi connectivity index (χ2n) is 5.76. The van der Waals surface area contributed by atoms with Crippen molar-refractivity contribution in [2.45, 2.75) is 13.0 Å². The minimum Gasteiger partial charge on any atom is -0.378 e. The third-order valence-electron chi connectivity index (χ3n) is 3.73. The number of benzene rings is 2. The fraction of sp³-hybridized carbons (Fsp3) is 0.222. The van der Waals surface area contributed by atoms with Crippen LogP contribution in [0.1, 0.15) is 6.92 Å². The van der Waals surface area contributed by atoms with Crippen LogP contribution in [0, 0.1) is 0 Å². The number of azo groups is 1. The molecule has 1 aliphatic rings. The Hall–Kier alpha value is -3.02. The van der Waals surface area contributed by atoms with Gasteiger partial charge < -0.3 is 4.90 Å². The monoisotopic (exact) mass is 321 g/mol. The molecule has 6 nitrogen and oxygen atoms in total. The van der Waals surface area contributed by atoms with Gasteiger partial charge in [-0.05, 0) is 37.3 Å². The van der Waals surface area contributed by atoms with Crippen LogP contribution in [-0.2, 0) is 4.79 Å². The molecule has 1 amide bonds. The van der Waals surface area contributed by atoms with Crippen molar-refractivity contribution in [2.24, 2.45) is 15.3 Å². The summed E-state index contributed by atoms with van der Waals surface area (Å²) in [4.78, 5) is 14.6. The molecule has 2 aromatic carbocycles. The van der Waals surface area contributed by atoms with Gasteiger partial charge >= 0.3 is 0 Å². The van der Waals surface area contributed by atoms with Gasteiger partial charge in [0.25, 0.3) is 5.91 Å². The van der Waals surface area contributed by atoms with Crippen molar-refractivity contribution in [2.75, 3.05) is 24.0 Å². The number of carbonyl (C=O) groups excluding carboxylic acids is 1. The maximum Gasteiger partial charge on any atom is 0.280 e. The van der Waals surface area contributed by atoms with E-state index in [1.807, 2.05) is 73.6 Å². The van der Waals surface area contributed by atoms with E-state index in [2.05, 4.69) is 15.3 Å². The Kier molecular flexibility index (Phi) is 4.37. The number of amides is 1. The largest absolute Gasteiger partial charge is 0.378 e. The predicted octanol–water partition coefficient (Wildman–Crippen LogP) is 3.63. The molecule has 1 atom stereocenters. The highest BCUT2D eigenvalue weighted by atomic mass is 16.2. The second-order valence-corrected chi connectivity index (χ2v) is 5.76. The van der Waals surface area contributed by atoms with Crippen molar-refractivity contribution in [3.63, 3.8) is 0 Å². The van der Waals surface area contributed by atoms with E-state index in [-0.39, 0.29) is 5.91 Å². The fourth-order valence-electron chi connectivity index (χ4n) is 2.40. The van der Waals surface area contributed by atoms with Crippen LogP contribution in [0.5, 0.6) is 0 Å². The summed E-state index contributed by atoms with van der Waals surface area (Å²) in [6, 6.07) is 16.3. The third-order valence-corrected chi connectivity index (χ3v) is 3.73. The lowest BCUT2D eigenvalue weighted by molar-refractivity contribution is -0.117. The molecule has 0 N–H and O–H groups in total. The van der Waals surface area contributed by atoms with Crippen molar-refractivity contribution >= 4 is 28.7 Å². The van der Waals surface area contributed by atoms with Crippen LogP contribution in [0.4, 0.5) is 17.1 Å². The van der Waals surface area contributed by atoms with E-state index in [0.29, 0.717) is 11.4 Å². The number of hydrazone groups is 1. The van der Waals surface area contributed by atoms with Gasteiger partial charge in [-0.15, -0.1) is 0 Å². The highest BCUT2D eigenvalue weighted by Crippen LogP contribution is 2.24. The van der Waals surface area contributed by atoms with E-state index < -0.39 is 6.04 Å². The molecule has 1 heterocycles. The van der Waals surface area contributed by atoms with E-state index in [0.717, 1.165) is 11.4 Å². The number of carbonyl (C=O) groups is 1. The van der Waals surface area contributed by atoms with Gasteiger partial charge in [0.1, 0.15) is 0 Å². The molecule has 0 saturated heterocycles. The SMILES string of the molecule is CC1=NN(c2ccccc2)C(=O)C1N=Nc1cccc(N(C)C)c1. The van der Waals surface area contributed by atoms with Crippen LogP contribution < -0.4 is 9.91 Å². The predicted molar refractivity (Wildman–Crippen MR) is 96.1 cm³/mol. The Labute approximate surface area is 141 Å².